The van der Waals surface area contributed by atoms with E-state index >= 15 is 0 Å². The monoisotopic (exact) mass is 334 g/mol. The van der Waals surface area contributed by atoms with E-state index in [0.29, 0.717) is 10.6 Å². The molecule has 3 aromatic rings. The van der Waals surface area contributed by atoms with Crippen molar-refractivity contribution in [1.82, 2.24) is 10.0 Å². The summed E-state index contributed by atoms with van der Waals surface area (Å²) in [5, 5.41) is 0.428. The van der Waals surface area contributed by atoms with E-state index in [1.807, 2.05) is 6.07 Å². The minimum Gasteiger partial charge on any atom is -0.429 e. The number of imide groups is 1. The molecule has 0 unspecified atom stereocenters. The smallest absolute Gasteiger partial charge is 0.400 e. The Morgan fingerprint density at radius 1 is 0.920 bits per heavy atom. The molecule has 0 spiro atoms. The Bertz CT molecular complexity index is 958. The standard InChI is InChI=1S/C18H10N2O5/c21-16-12-8-4-5-9-13(12)17(22)20(16)25-18(23)14-10-19-15(24-14)11-6-2-1-3-7-11/h1-10H. The van der Waals surface area contributed by atoms with Crippen molar-refractivity contribution in [2.45, 2.75) is 0 Å². The molecule has 1 aromatic heterocycles. The highest BCUT2D eigenvalue weighted by atomic mass is 16.7. The first kappa shape index (κ1) is 14.8. The number of amides is 2. The third-order valence-corrected chi connectivity index (χ3v) is 3.66. The average Bonchev–Trinajstić information content (AvgIpc) is 3.23. The third kappa shape index (κ3) is 2.47. The molecule has 0 atom stereocenters. The lowest BCUT2D eigenvalue weighted by molar-refractivity contribution is -0.0602. The van der Waals surface area contributed by atoms with Gasteiger partial charge in [-0.25, -0.2) is 9.78 Å². The Kier molecular flexibility index (Phi) is 3.39. The molecule has 2 heterocycles. The minimum absolute atomic E-state index is 0.183. The number of nitrogens with zero attached hydrogens (tertiary/aromatic N) is 2. The molecule has 122 valence electrons. The van der Waals surface area contributed by atoms with Gasteiger partial charge in [-0.05, 0) is 24.3 Å². The molecule has 2 amide bonds. The van der Waals surface area contributed by atoms with Gasteiger partial charge in [-0.1, -0.05) is 35.4 Å². The van der Waals surface area contributed by atoms with Crippen molar-refractivity contribution >= 4 is 17.8 Å². The summed E-state index contributed by atoms with van der Waals surface area (Å²) in [6.45, 7) is 0. The highest BCUT2D eigenvalue weighted by Gasteiger charge is 2.39. The van der Waals surface area contributed by atoms with E-state index in [0.717, 1.165) is 0 Å². The number of oxazole rings is 1. The van der Waals surface area contributed by atoms with E-state index in [1.165, 1.54) is 18.3 Å². The summed E-state index contributed by atoms with van der Waals surface area (Å²) < 4.78 is 5.35. The molecule has 2 aromatic carbocycles. The van der Waals surface area contributed by atoms with E-state index in [4.69, 9.17) is 9.25 Å². The minimum atomic E-state index is -0.982. The van der Waals surface area contributed by atoms with Crippen molar-refractivity contribution in [3.63, 3.8) is 0 Å². The first-order valence-corrected chi connectivity index (χ1v) is 7.36. The zero-order valence-corrected chi connectivity index (χ0v) is 12.7. The van der Waals surface area contributed by atoms with Crippen LogP contribution in [0.1, 0.15) is 31.3 Å². The molecular formula is C18H10N2O5. The molecule has 0 bridgehead atoms. The second kappa shape index (κ2) is 5.72. The Labute approximate surface area is 141 Å². The molecule has 0 aliphatic carbocycles. The van der Waals surface area contributed by atoms with E-state index in [-0.39, 0.29) is 22.8 Å². The fourth-order valence-electron chi connectivity index (χ4n) is 2.46. The molecule has 1 aliphatic heterocycles. The van der Waals surface area contributed by atoms with Crippen LogP contribution in [0.2, 0.25) is 0 Å². The third-order valence-electron chi connectivity index (χ3n) is 3.66. The molecule has 0 saturated carbocycles. The van der Waals surface area contributed by atoms with Crippen LogP contribution < -0.4 is 0 Å². The quantitative estimate of drug-likeness (QED) is 0.684. The second-order valence-electron chi connectivity index (χ2n) is 5.22. The molecule has 7 nitrogen and oxygen atoms in total. The summed E-state index contributed by atoms with van der Waals surface area (Å²) in [5.41, 5.74) is 1.05. The molecular weight excluding hydrogens is 324 g/mol. The van der Waals surface area contributed by atoms with Crippen LogP contribution in [0.15, 0.2) is 65.2 Å². The number of hydroxylamine groups is 2. The van der Waals surface area contributed by atoms with E-state index < -0.39 is 17.8 Å². The van der Waals surface area contributed by atoms with Crippen LogP contribution in [0.25, 0.3) is 11.5 Å². The van der Waals surface area contributed by atoms with Crippen LogP contribution in [0.4, 0.5) is 0 Å². The van der Waals surface area contributed by atoms with Crippen LogP contribution in [-0.4, -0.2) is 27.8 Å². The normalized spacial score (nSPS) is 13.0. The van der Waals surface area contributed by atoms with E-state index in [1.54, 1.807) is 36.4 Å². The lowest BCUT2D eigenvalue weighted by Crippen LogP contribution is -2.32. The summed E-state index contributed by atoms with van der Waals surface area (Å²) in [4.78, 5) is 45.5. The van der Waals surface area contributed by atoms with Crippen LogP contribution in [0, 0.1) is 0 Å². The highest BCUT2D eigenvalue weighted by molar-refractivity contribution is 6.21. The lowest BCUT2D eigenvalue weighted by Gasteiger charge is -2.11. The molecule has 4 rings (SSSR count). The first-order valence-electron chi connectivity index (χ1n) is 7.36. The lowest BCUT2D eigenvalue weighted by atomic mass is 10.1. The molecule has 0 N–H and O–H groups in total. The van der Waals surface area contributed by atoms with Crippen LogP contribution in [-0.2, 0) is 4.84 Å². The molecule has 0 saturated heterocycles. The number of aromatic nitrogens is 1. The summed E-state index contributed by atoms with van der Waals surface area (Å²) in [5.74, 6) is -2.36. The number of fused-ring (bicyclic) bond motifs is 1. The predicted octanol–water partition coefficient (Wildman–Crippen LogP) is 2.71. The van der Waals surface area contributed by atoms with Crippen molar-refractivity contribution in [2.75, 3.05) is 0 Å². The van der Waals surface area contributed by atoms with Gasteiger partial charge in [-0.15, -0.1) is 0 Å². The maximum absolute atomic E-state index is 12.2. The summed E-state index contributed by atoms with van der Waals surface area (Å²) in [6.07, 6.45) is 1.18. The molecule has 0 fully saturated rings. The Hall–Kier alpha value is -3.74. The van der Waals surface area contributed by atoms with Gasteiger partial charge in [0, 0.05) is 5.56 Å². The second-order valence-corrected chi connectivity index (χ2v) is 5.22. The number of carbonyl (C=O) groups excluding carboxylic acids is 3. The van der Waals surface area contributed by atoms with Gasteiger partial charge in [0.2, 0.25) is 11.7 Å². The summed E-state index contributed by atoms with van der Waals surface area (Å²) in [6, 6.07) is 15.2. The van der Waals surface area contributed by atoms with Gasteiger partial charge in [0.15, 0.2) is 0 Å². The molecule has 25 heavy (non-hydrogen) atoms. The maximum atomic E-state index is 12.2. The summed E-state index contributed by atoms with van der Waals surface area (Å²) in [7, 11) is 0. The fourth-order valence-corrected chi connectivity index (χ4v) is 2.46. The molecule has 0 radical (unpaired) electrons. The van der Waals surface area contributed by atoms with Gasteiger partial charge in [-0.3, -0.25) is 9.59 Å². The average molecular weight is 334 g/mol. The SMILES string of the molecule is O=C(ON1C(=O)c2ccccc2C1=O)c1cnc(-c2ccccc2)o1. The van der Waals surface area contributed by atoms with Crippen molar-refractivity contribution in [1.29, 1.82) is 0 Å². The van der Waals surface area contributed by atoms with Gasteiger partial charge < -0.3 is 9.25 Å². The topological polar surface area (TPSA) is 89.7 Å². The summed E-state index contributed by atoms with van der Waals surface area (Å²) >= 11 is 0. The number of benzene rings is 2. The first-order chi connectivity index (χ1) is 12.1. The van der Waals surface area contributed by atoms with Crippen LogP contribution >= 0.6 is 0 Å². The van der Waals surface area contributed by atoms with E-state index in [2.05, 4.69) is 4.98 Å². The van der Waals surface area contributed by atoms with Crippen molar-refractivity contribution in [2.24, 2.45) is 0 Å². The zero-order chi connectivity index (χ0) is 17.4. The largest absolute Gasteiger partial charge is 0.429 e. The van der Waals surface area contributed by atoms with Gasteiger partial charge in [0.25, 0.3) is 11.8 Å². The number of hydrogen-bond donors (Lipinski definition) is 0. The van der Waals surface area contributed by atoms with Gasteiger partial charge >= 0.3 is 5.97 Å². The molecule has 1 aliphatic rings. The van der Waals surface area contributed by atoms with Crippen LogP contribution in [0.5, 0.6) is 0 Å². The Morgan fingerprint density at radius 2 is 1.52 bits per heavy atom. The van der Waals surface area contributed by atoms with Gasteiger partial charge in [0.05, 0.1) is 17.3 Å². The van der Waals surface area contributed by atoms with Crippen molar-refractivity contribution in [3.05, 3.63) is 77.7 Å². The van der Waals surface area contributed by atoms with Crippen molar-refractivity contribution < 1.29 is 23.6 Å². The Balaban J connectivity index is 1.55. The predicted molar refractivity (Wildman–Crippen MR) is 84.3 cm³/mol. The van der Waals surface area contributed by atoms with Gasteiger partial charge in [-0.2, -0.15) is 0 Å². The Morgan fingerprint density at radius 3 is 2.16 bits per heavy atom. The number of carbonyl (C=O) groups is 3. The van der Waals surface area contributed by atoms with Gasteiger partial charge in [0.1, 0.15) is 0 Å². The highest BCUT2D eigenvalue weighted by Crippen LogP contribution is 2.24. The maximum Gasteiger partial charge on any atom is 0.400 e. The van der Waals surface area contributed by atoms with E-state index in [9.17, 15) is 14.4 Å². The fraction of sp³-hybridized carbons (Fsp3) is 0. The molecule has 7 heteroatoms. The number of rotatable bonds is 3. The zero-order valence-electron chi connectivity index (χ0n) is 12.7. The number of hydrogen-bond acceptors (Lipinski definition) is 6. The van der Waals surface area contributed by atoms with Crippen LogP contribution in [0.3, 0.4) is 0 Å². The van der Waals surface area contributed by atoms with Crippen molar-refractivity contribution in [3.8, 4) is 11.5 Å².